The second kappa shape index (κ2) is 8.05. The zero-order chi connectivity index (χ0) is 15.1. The van der Waals surface area contributed by atoms with Crippen molar-refractivity contribution in [3.05, 3.63) is 29.3 Å². The first-order valence-electron chi connectivity index (χ1n) is 8.17. The summed E-state index contributed by atoms with van der Waals surface area (Å²) < 4.78 is 0. The SMILES string of the molecule is CCCN(CCCCC#N)[C@@H]1CCc2c(O)cccc2C1. The fraction of sp³-hybridized carbons (Fsp3) is 0.611. The van der Waals surface area contributed by atoms with E-state index < -0.39 is 0 Å². The lowest BCUT2D eigenvalue weighted by atomic mass is 9.86. The minimum Gasteiger partial charge on any atom is -0.508 e. The topological polar surface area (TPSA) is 47.3 Å². The van der Waals surface area contributed by atoms with Crippen LogP contribution in [0.25, 0.3) is 0 Å². The van der Waals surface area contributed by atoms with Gasteiger partial charge in [0.25, 0.3) is 0 Å². The molecule has 0 heterocycles. The van der Waals surface area contributed by atoms with Crippen molar-refractivity contribution in [1.82, 2.24) is 4.90 Å². The van der Waals surface area contributed by atoms with Crippen LogP contribution in [0.5, 0.6) is 5.75 Å². The summed E-state index contributed by atoms with van der Waals surface area (Å²) in [5.41, 5.74) is 2.46. The Kier molecular flexibility index (Phi) is 6.07. The lowest BCUT2D eigenvalue weighted by Crippen LogP contribution is -2.40. The molecule has 1 aromatic carbocycles. The second-order valence-corrected chi connectivity index (χ2v) is 5.96. The Bertz CT molecular complexity index is 492. The Hall–Kier alpha value is -1.53. The summed E-state index contributed by atoms with van der Waals surface area (Å²) in [5.74, 6) is 0.460. The van der Waals surface area contributed by atoms with Gasteiger partial charge >= 0.3 is 0 Å². The number of rotatable bonds is 7. The molecule has 3 heteroatoms. The van der Waals surface area contributed by atoms with E-state index in [1.807, 2.05) is 6.07 Å². The highest BCUT2D eigenvalue weighted by molar-refractivity contribution is 5.41. The summed E-state index contributed by atoms with van der Waals surface area (Å²) in [6, 6.07) is 8.71. The number of fused-ring (bicyclic) bond motifs is 1. The van der Waals surface area contributed by atoms with Crippen LogP contribution in [0.4, 0.5) is 0 Å². The average Bonchev–Trinajstić information content (AvgIpc) is 2.50. The van der Waals surface area contributed by atoms with Crippen LogP contribution in [0, 0.1) is 11.3 Å². The van der Waals surface area contributed by atoms with E-state index in [2.05, 4.69) is 24.0 Å². The fourth-order valence-corrected chi connectivity index (χ4v) is 3.36. The highest BCUT2D eigenvalue weighted by atomic mass is 16.3. The van der Waals surface area contributed by atoms with Gasteiger partial charge in [-0.1, -0.05) is 19.1 Å². The molecular formula is C18H26N2O. The van der Waals surface area contributed by atoms with Crippen LogP contribution in [0.2, 0.25) is 0 Å². The summed E-state index contributed by atoms with van der Waals surface area (Å²) >= 11 is 0. The fourth-order valence-electron chi connectivity index (χ4n) is 3.36. The Balaban J connectivity index is 1.97. The molecule has 3 nitrogen and oxygen atoms in total. The Morgan fingerprint density at radius 1 is 1.33 bits per heavy atom. The van der Waals surface area contributed by atoms with Crippen molar-refractivity contribution in [2.24, 2.45) is 0 Å². The third-order valence-electron chi connectivity index (χ3n) is 4.44. The van der Waals surface area contributed by atoms with E-state index in [9.17, 15) is 5.11 Å². The number of benzene rings is 1. The molecule has 0 bridgehead atoms. The molecule has 2 rings (SSSR count). The van der Waals surface area contributed by atoms with Gasteiger partial charge in [0.15, 0.2) is 0 Å². The van der Waals surface area contributed by atoms with E-state index >= 15 is 0 Å². The maximum Gasteiger partial charge on any atom is 0.119 e. The van der Waals surface area contributed by atoms with Crippen molar-refractivity contribution in [2.75, 3.05) is 13.1 Å². The average molecular weight is 286 g/mol. The van der Waals surface area contributed by atoms with E-state index in [-0.39, 0.29) is 0 Å². The highest BCUT2D eigenvalue weighted by Gasteiger charge is 2.24. The predicted molar refractivity (Wildman–Crippen MR) is 85.2 cm³/mol. The molecule has 0 fully saturated rings. The molecule has 114 valence electrons. The number of nitriles is 1. The first-order chi connectivity index (χ1) is 10.3. The van der Waals surface area contributed by atoms with Crippen molar-refractivity contribution in [3.63, 3.8) is 0 Å². The predicted octanol–water partition coefficient (Wildman–Crippen LogP) is 3.66. The largest absolute Gasteiger partial charge is 0.508 e. The van der Waals surface area contributed by atoms with Gasteiger partial charge in [-0.2, -0.15) is 5.26 Å². The van der Waals surface area contributed by atoms with E-state index in [1.54, 1.807) is 6.07 Å². The van der Waals surface area contributed by atoms with Crippen molar-refractivity contribution >= 4 is 0 Å². The molecule has 0 aliphatic heterocycles. The summed E-state index contributed by atoms with van der Waals surface area (Å²) in [6.45, 7) is 4.45. The third kappa shape index (κ3) is 4.22. The maximum atomic E-state index is 9.94. The number of phenols is 1. The van der Waals surface area contributed by atoms with E-state index in [0.29, 0.717) is 18.2 Å². The summed E-state index contributed by atoms with van der Waals surface area (Å²) in [4.78, 5) is 2.59. The quantitative estimate of drug-likeness (QED) is 0.778. The van der Waals surface area contributed by atoms with Gasteiger partial charge < -0.3 is 10.0 Å². The minimum absolute atomic E-state index is 0.460. The number of phenolic OH excluding ortho intramolecular Hbond substituents is 1. The standard InChI is InChI=1S/C18H26N2O/c1-2-12-20(13-5-3-4-11-19)16-9-10-17-15(14-16)7-6-8-18(17)21/h6-8,16,21H,2-5,9-10,12-14H2,1H3/t16-/m1/s1. The van der Waals surface area contributed by atoms with Gasteiger partial charge in [0.2, 0.25) is 0 Å². The smallest absolute Gasteiger partial charge is 0.119 e. The van der Waals surface area contributed by atoms with Crippen LogP contribution >= 0.6 is 0 Å². The number of hydrogen-bond donors (Lipinski definition) is 1. The molecule has 1 aliphatic rings. The van der Waals surface area contributed by atoms with Crippen molar-refractivity contribution in [2.45, 2.75) is 57.9 Å². The first kappa shape index (κ1) is 15.9. The van der Waals surface area contributed by atoms with Gasteiger partial charge in [-0.3, -0.25) is 0 Å². The van der Waals surface area contributed by atoms with Gasteiger partial charge in [0.05, 0.1) is 6.07 Å². The number of unbranched alkanes of at least 4 members (excludes halogenated alkanes) is 2. The van der Waals surface area contributed by atoms with Crippen molar-refractivity contribution in [3.8, 4) is 11.8 Å². The number of nitrogens with zero attached hydrogens (tertiary/aromatic N) is 2. The van der Waals surface area contributed by atoms with Crippen molar-refractivity contribution < 1.29 is 5.11 Å². The summed E-state index contributed by atoms with van der Waals surface area (Å²) in [5, 5.41) is 18.6. The van der Waals surface area contributed by atoms with E-state index in [4.69, 9.17) is 5.26 Å². The molecule has 0 saturated carbocycles. The van der Waals surface area contributed by atoms with Crippen molar-refractivity contribution in [1.29, 1.82) is 5.26 Å². The molecule has 0 aromatic heterocycles. The molecule has 0 amide bonds. The lowest BCUT2D eigenvalue weighted by molar-refractivity contribution is 0.176. The summed E-state index contributed by atoms with van der Waals surface area (Å²) in [6.07, 6.45) is 7.09. The Morgan fingerprint density at radius 2 is 2.19 bits per heavy atom. The van der Waals surface area contributed by atoms with Gasteiger partial charge in [-0.15, -0.1) is 0 Å². The maximum absolute atomic E-state index is 9.94. The van der Waals surface area contributed by atoms with Gasteiger partial charge in [-0.25, -0.2) is 0 Å². The number of aromatic hydroxyl groups is 1. The molecule has 1 aromatic rings. The van der Waals surface area contributed by atoms with E-state index in [1.165, 1.54) is 12.0 Å². The third-order valence-corrected chi connectivity index (χ3v) is 4.44. The van der Waals surface area contributed by atoms with Crippen LogP contribution in [-0.4, -0.2) is 29.1 Å². The minimum atomic E-state index is 0.460. The van der Waals surface area contributed by atoms with Crippen LogP contribution < -0.4 is 0 Å². The molecular weight excluding hydrogens is 260 g/mol. The molecule has 0 radical (unpaired) electrons. The Labute approximate surface area is 128 Å². The lowest BCUT2D eigenvalue weighted by Gasteiger charge is -2.35. The van der Waals surface area contributed by atoms with Gasteiger partial charge in [0.1, 0.15) is 5.75 Å². The van der Waals surface area contributed by atoms with E-state index in [0.717, 1.165) is 50.8 Å². The van der Waals surface area contributed by atoms with Gasteiger partial charge in [-0.05, 0) is 68.8 Å². The normalized spacial score (nSPS) is 17.5. The van der Waals surface area contributed by atoms with Crippen LogP contribution in [0.1, 0.15) is 50.2 Å². The van der Waals surface area contributed by atoms with Gasteiger partial charge in [0, 0.05) is 12.5 Å². The molecule has 21 heavy (non-hydrogen) atoms. The molecule has 1 aliphatic carbocycles. The highest BCUT2D eigenvalue weighted by Crippen LogP contribution is 2.30. The monoisotopic (exact) mass is 286 g/mol. The molecule has 1 N–H and O–H groups in total. The molecule has 0 unspecified atom stereocenters. The van der Waals surface area contributed by atoms with Crippen LogP contribution in [0.15, 0.2) is 18.2 Å². The summed E-state index contributed by atoms with van der Waals surface area (Å²) in [7, 11) is 0. The zero-order valence-corrected chi connectivity index (χ0v) is 13.0. The first-order valence-corrected chi connectivity index (χ1v) is 8.17. The molecule has 0 spiro atoms. The van der Waals surface area contributed by atoms with Crippen LogP contribution in [-0.2, 0) is 12.8 Å². The molecule has 0 saturated heterocycles. The second-order valence-electron chi connectivity index (χ2n) is 5.96. The van der Waals surface area contributed by atoms with Crippen LogP contribution in [0.3, 0.4) is 0 Å². The zero-order valence-electron chi connectivity index (χ0n) is 13.0. The molecule has 1 atom stereocenters. The Morgan fingerprint density at radius 3 is 2.95 bits per heavy atom. The number of hydrogen-bond acceptors (Lipinski definition) is 3.